The topological polar surface area (TPSA) is 46.6 Å². The second-order valence-corrected chi connectivity index (χ2v) is 7.42. The monoisotopic (exact) mass is 375 g/mol. The molecular formula is C19H18ClNO3S. The van der Waals surface area contributed by atoms with E-state index in [1.54, 1.807) is 17.9 Å². The molecule has 0 aliphatic carbocycles. The minimum atomic E-state index is -0.537. The minimum Gasteiger partial charge on any atom is -0.469 e. The average molecular weight is 376 g/mol. The van der Waals surface area contributed by atoms with Gasteiger partial charge in [0.2, 0.25) is 5.91 Å². The molecular weight excluding hydrogens is 358 g/mol. The van der Waals surface area contributed by atoms with Gasteiger partial charge in [-0.3, -0.25) is 9.59 Å². The molecule has 0 saturated carbocycles. The summed E-state index contributed by atoms with van der Waals surface area (Å²) in [6.45, 7) is 2.09. The smallest absolute Gasteiger partial charge is 0.310 e. The first-order valence-electron chi connectivity index (χ1n) is 7.91. The minimum absolute atomic E-state index is 0.110. The number of hydrogen-bond donors (Lipinski definition) is 0. The van der Waals surface area contributed by atoms with Crippen molar-refractivity contribution in [3.8, 4) is 0 Å². The lowest BCUT2D eigenvalue weighted by atomic mass is 10.1. The van der Waals surface area contributed by atoms with Crippen LogP contribution in [0.15, 0.2) is 53.4 Å². The van der Waals surface area contributed by atoms with Gasteiger partial charge in [-0.2, -0.15) is 0 Å². The van der Waals surface area contributed by atoms with Crippen molar-refractivity contribution in [2.24, 2.45) is 5.92 Å². The van der Waals surface area contributed by atoms with Gasteiger partial charge in [-0.15, -0.1) is 11.8 Å². The Morgan fingerprint density at radius 2 is 1.92 bits per heavy atom. The van der Waals surface area contributed by atoms with Gasteiger partial charge in [0.05, 0.1) is 25.3 Å². The van der Waals surface area contributed by atoms with E-state index in [1.165, 1.54) is 18.9 Å². The summed E-state index contributed by atoms with van der Waals surface area (Å²) < 4.78 is 4.83. The number of carbonyl (C=O) groups is 2. The highest BCUT2D eigenvalue weighted by molar-refractivity contribution is 8.01. The van der Waals surface area contributed by atoms with Gasteiger partial charge in [-0.05, 0) is 23.8 Å². The fourth-order valence-corrected chi connectivity index (χ4v) is 4.29. The van der Waals surface area contributed by atoms with Crippen molar-refractivity contribution in [3.05, 3.63) is 59.1 Å². The molecule has 3 rings (SSSR count). The number of carbonyl (C=O) groups excluding carboxylic acids is 2. The zero-order valence-corrected chi connectivity index (χ0v) is 15.5. The summed E-state index contributed by atoms with van der Waals surface area (Å²) in [6, 6.07) is 15.2. The number of nitrogens with zero attached hydrogens (tertiary/aromatic N) is 1. The summed E-state index contributed by atoms with van der Waals surface area (Å²) in [6.07, 6.45) is 0. The van der Waals surface area contributed by atoms with Crippen LogP contribution in [0.2, 0.25) is 5.02 Å². The van der Waals surface area contributed by atoms with Crippen LogP contribution in [0.1, 0.15) is 12.5 Å². The van der Waals surface area contributed by atoms with Crippen molar-refractivity contribution in [1.82, 2.24) is 0 Å². The van der Waals surface area contributed by atoms with E-state index in [0.717, 1.165) is 16.1 Å². The first kappa shape index (κ1) is 17.8. The number of halogens is 1. The summed E-state index contributed by atoms with van der Waals surface area (Å²) in [5.41, 5.74) is 1.70. The van der Waals surface area contributed by atoms with Crippen LogP contribution < -0.4 is 4.90 Å². The van der Waals surface area contributed by atoms with Crippen LogP contribution in [-0.2, 0) is 20.9 Å². The van der Waals surface area contributed by atoms with Gasteiger partial charge < -0.3 is 9.64 Å². The lowest BCUT2D eigenvalue weighted by molar-refractivity contribution is -0.146. The Bertz CT molecular complexity index is 811. The van der Waals surface area contributed by atoms with Crippen LogP contribution >= 0.6 is 23.4 Å². The molecule has 0 unspecified atom stereocenters. The lowest BCUT2D eigenvalue weighted by Crippen LogP contribution is -2.45. The summed E-state index contributed by atoms with van der Waals surface area (Å²) in [5.74, 6) is -1.03. The standard InChI is InChI=1S/C19H18ClNO3S/c1-12(19(23)24-2)17-18(22)21(11-13-7-3-4-8-14(13)20)15-9-5-6-10-16(15)25-17/h3-10,12,17H,11H2,1-2H3/t12-,17-/m1/s1. The third kappa shape index (κ3) is 3.53. The van der Waals surface area contributed by atoms with Gasteiger partial charge in [0.15, 0.2) is 0 Å². The molecule has 25 heavy (non-hydrogen) atoms. The Morgan fingerprint density at radius 1 is 1.24 bits per heavy atom. The average Bonchev–Trinajstić information content (AvgIpc) is 2.64. The molecule has 2 aromatic rings. The van der Waals surface area contributed by atoms with Gasteiger partial charge >= 0.3 is 5.97 Å². The molecule has 1 aliphatic heterocycles. The van der Waals surface area contributed by atoms with E-state index in [1.807, 2.05) is 42.5 Å². The maximum atomic E-state index is 13.1. The Hall–Kier alpha value is -1.98. The number of benzene rings is 2. The van der Waals surface area contributed by atoms with E-state index >= 15 is 0 Å². The molecule has 0 fully saturated rings. The van der Waals surface area contributed by atoms with E-state index in [4.69, 9.17) is 16.3 Å². The van der Waals surface area contributed by atoms with E-state index in [0.29, 0.717) is 11.6 Å². The van der Waals surface area contributed by atoms with E-state index in [-0.39, 0.29) is 11.9 Å². The van der Waals surface area contributed by atoms with Crippen LogP contribution in [0.3, 0.4) is 0 Å². The van der Waals surface area contributed by atoms with Gasteiger partial charge in [0.1, 0.15) is 5.25 Å². The second kappa shape index (κ2) is 7.50. The number of ether oxygens (including phenoxy) is 1. The van der Waals surface area contributed by atoms with Gasteiger partial charge in [-0.25, -0.2) is 0 Å². The quantitative estimate of drug-likeness (QED) is 0.753. The Balaban J connectivity index is 1.99. The lowest BCUT2D eigenvalue weighted by Gasteiger charge is -2.35. The first-order valence-corrected chi connectivity index (χ1v) is 9.17. The Morgan fingerprint density at radius 3 is 2.64 bits per heavy atom. The normalized spacial score (nSPS) is 17.8. The number of amides is 1. The summed E-state index contributed by atoms with van der Waals surface area (Å²) in [7, 11) is 1.34. The number of methoxy groups -OCH3 is 1. The molecule has 2 aromatic carbocycles. The van der Waals surface area contributed by atoms with Crippen molar-refractivity contribution < 1.29 is 14.3 Å². The zero-order valence-electron chi connectivity index (χ0n) is 13.9. The zero-order chi connectivity index (χ0) is 18.0. The number of fused-ring (bicyclic) bond motifs is 1. The molecule has 0 spiro atoms. The van der Waals surface area contributed by atoms with Crippen molar-refractivity contribution in [1.29, 1.82) is 0 Å². The molecule has 2 atom stereocenters. The van der Waals surface area contributed by atoms with Crippen molar-refractivity contribution >= 4 is 40.9 Å². The summed E-state index contributed by atoms with van der Waals surface area (Å²) in [5, 5.41) is 0.0911. The highest BCUT2D eigenvalue weighted by Crippen LogP contribution is 2.42. The molecule has 130 valence electrons. The third-order valence-electron chi connectivity index (χ3n) is 4.23. The van der Waals surface area contributed by atoms with E-state index in [2.05, 4.69) is 0 Å². The largest absolute Gasteiger partial charge is 0.469 e. The molecule has 4 nitrogen and oxygen atoms in total. The van der Waals surface area contributed by atoms with Crippen LogP contribution in [0, 0.1) is 5.92 Å². The summed E-state index contributed by atoms with van der Waals surface area (Å²) in [4.78, 5) is 27.8. The molecule has 0 N–H and O–H groups in total. The van der Waals surface area contributed by atoms with Crippen LogP contribution in [0.25, 0.3) is 0 Å². The first-order chi connectivity index (χ1) is 12.0. The van der Waals surface area contributed by atoms with Crippen LogP contribution in [0.5, 0.6) is 0 Å². The number of para-hydroxylation sites is 1. The summed E-state index contributed by atoms with van der Waals surface area (Å²) >= 11 is 7.68. The third-order valence-corrected chi connectivity index (χ3v) is 6.06. The van der Waals surface area contributed by atoms with Crippen molar-refractivity contribution in [2.75, 3.05) is 12.0 Å². The van der Waals surface area contributed by atoms with Crippen molar-refractivity contribution in [3.63, 3.8) is 0 Å². The molecule has 6 heteroatoms. The van der Waals surface area contributed by atoms with E-state index in [9.17, 15) is 9.59 Å². The fourth-order valence-electron chi connectivity index (χ4n) is 2.82. The van der Waals surface area contributed by atoms with Gasteiger partial charge in [-0.1, -0.05) is 48.9 Å². The fraction of sp³-hybridized carbons (Fsp3) is 0.263. The van der Waals surface area contributed by atoms with Crippen LogP contribution in [-0.4, -0.2) is 24.2 Å². The molecule has 0 aromatic heterocycles. The van der Waals surface area contributed by atoms with Gasteiger partial charge in [0, 0.05) is 9.92 Å². The maximum absolute atomic E-state index is 13.1. The van der Waals surface area contributed by atoms with Crippen LogP contribution in [0.4, 0.5) is 5.69 Å². The number of anilines is 1. The molecule has 0 radical (unpaired) electrons. The molecule has 1 heterocycles. The van der Waals surface area contributed by atoms with Gasteiger partial charge in [0.25, 0.3) is 0 Å². The second-order valence-electron chi connectivity index (χ2n) is 5.83. The molecule has 1 amide bonds. The number of thioether (sulfide) groups is 1. The Kier molecular flexibility index (Phi) is 5.35. The number of rotatable bonds is 4. The maximum Gasteiger partial charge on any atom is 0.310 e. The highest BCUT2D eigenvalue weighted by atomic mass is 35.5. The number of hydrogen-bond acceptors (Lipinski definition) is 4. The predicted octanol–water partition coefficient (Wildman–Crippen LogP) is 4.16. The molecule has 0 bridgehead atoms. The molecule has 1 aliphatic rings. The predicted molar refractivity (Wildman–Crippen MR) is 99.9 cm³/mol. The highest BCUT2D eigenvalue weighted by Gasteiger charge is 2.39. The number of esters is 1. The van der Waals surface area contributed by atoms with Crippen molar-refractivity contribution in [2.45, 2.75) is 23.6 Å². The Labute approximate surface area is 156 Å². The van der Waals surface area contributed by atoms with E-state index < -0.39 is 11.2 Å². The SMILES string of the molecule is COC(=O)[C@H](C)[C@H]1Sc2ccccc2N(Cc2ccccc2Cl)C1=O. The molecule has 0 saturated heterocycles.